The lowest BCUT2D eigenvalue weighted by atomic mass is 9.84. The quantitative estimate of drug-likeness (QED) is 0.0138. The van der Waals surface area contributed by atoms with Crippen LogP contribution < -0.4 is 0 Å². The number of aliphatic carboxylic acids is 1. The van der Waals surface area contributed by atoms with E-state index in [1.54, 1.807) is 146 Å². The van der Waals surface area contributed by atoms with Gasteiger partial charge in [0.15, 0.2) is 0 Å². The van der Waals surface area contributed by atoms with Gasteiger partial charge in [-0.05, 0) is 208 Å². The lowest BCUT2D eigenvalue weighted by molar-refractivity contribution is -0.170. The number of carbonyl (C=O) groups is 5. The van der Waals surface area contributed by atoms with Gasteiger partial charge in [0.2, 0.25) is 0 Å². The van der Waals surface area contributed by atoms with Crippen LogP contribution >= 0.6 is 58.0 Å². The summed E-state index contributed by atoms with van der Waals surface area (Å²) in [6.45, 7) is 25.1. The Hall–Kier alpha value is -13.2. The third kappa shape index (κ3) is 26.3. The average molecular weight is 2070 g/mol. The van der Waals surface area contributed by atoms with Crippen LogP contribution in [0.2, 0.25) is 25.1 Å². The fourth-order valence-corrected chi connectivity index (χ4v) is 16.5. The van der Waals surface area contributed by atoms with E-state index in [9.17, 15) is 49.5 Å². The van der Waals surface area contributed by atoms with Crippen LogP contribution in [0.4, 0.5) is 0 Å². The minimum atomic E-state index is -1.79. The van der Waals surface area contributed by atoms with Crippen molar-refractivity contribution in [2.75, 3.05) is 52.9 Å². The highest BCUT2D eigenvalue weighted by Gasteiger charge is 2.40. The summed E-state index contributed by atoms with van der Waals surface area (Å²) in [6, 6.07) is 42.9. The SMILES string of the molecule is CC(C)(C)c1cc(CCC(=O)O)cc(-n2nc3ccc(Cl)cc3n2)c1O.CC(C)(C)c1cc(CCC(=O)OCC(COC(=O)CCc2cc(-n3nc4ccc(Cl)cc4n3)c(O)c(C(C)(C)C)c2)(COC(=O)CCc2cc(-n3nc4ccc(Cl)cc4n3)c(O)c(C(C)(C)C)c2)COC(=O)CCc2cc(-n3nc4ccc(Cl)cc4n3)c(O)c(C(C)(C)C)c2)cc(-n2nc3ccc(Cl)cc3n2)c1O.OCC(CO)(CO)CO. The Balaban J connectivity index is 0.000000415. The number of carboxylic acid groups (broad SMARTS) is 1. The number of carboxylic acids is 1. The number of aryl methyl sites for hydroxylation is 5. The van der Waals surface area contributed by atoms with Gasteiger partial charge in [-0.2, -0.15) is 0 Å². The molecule has 34 nitrogen and oxygen atoms in total. The van der Waals surface area contributed by atoms with Crippen molar-refractivity contribution < 1.29 is 94.0 Å². The van der Waals surface area contributed by atoms with E-state index in [0.717, 1.165) is 11.1 Å². The van der Waals surface area contributed by atoms with Gasteiger partial charge in [-0.25, -0.2) is 0 Å². The molecule has 10 aromatic carbocycles. The number of halogens is 5. The molecule has 15 aromatic rings. The van der Waals surface area contributed by atoms with Crippen LogP contribution in [0.1, 0.15) is 192 Å². The van der Waals surface area contributed by atoms with E-state index in [0.29, 0.717) is 137 Å². The summed E-state index contributed by atoms with van der Waals surface area (Å²) in [5.74, 6) is -3.99. The zero-order valence-corrected chi connectivity index (χ0v) is 86.2. The predicted octanol–water partition coefficient (Wildman–Crippen LogP) is 18.3. The molecule has 15 rings (SSSR count). The van der Waals surface area contributed by atoms with E-state index in [4.69, 9.17) is 102 Å². The maximum absolute atomic E-state index is 14.5. The molecule has 0 unspecified atom stereocenters. The highest BCUT2D eigenvalue weighted by molar-refractivity contribution is 6.32. The zero-order valence-electron chi connectivity index (χ0n) is 82.4. The summed E-state index contributed by atoms with van der Waals surface area (Å²) in [5.41, 5.74) is 7.40. The third-order valence-corrected chi connectivity index (χ3v) is 25.4. The van der Waals surface area contributed by atoms with Gasteiger partial charge >= 0.3 is 29.8 Å². The van der Waals surface area contributed by atoms with Crippen LogP contribution in [0.15, 0.2) is 152 Å². The summed E-state index contributed by atoms with van der Waals surface area (Å²) in [4.78, 5) is 75.7. The molecule has 0 saturated heterocycles. The summed E-state index contributed by atoms with van der Waals surface area (Å²) in [6.07, 6.45) is -0.234. The maximum Gasteiger partial charge on any atom is 0.306 e. The topological polar surface area (TPSA) is 478 Å². The van der Waals surface area contributed by atoms with E-state index in [2.05, 4.69) is 51.0 Å². The van der Waals surface area contributed by atoms with Crippen LogP contribution in [-0.2, 0) is 102 Å². The van der Waals surface area contributed by atoms with Crippen LogP contribution in [0.25, 0.3) is 83.6 Å². The van der Waals surface area contributed by atoms with Crippen LogP contribution in [0.3, 0.4) is 0 Å². The number of phenolic OH excluding ortho intramolecular Hbond substituents is 5. The minimum Gasteiger partial charge on any atom is -0.505 e. The molecule has 39 heteroatoms. The molecular weight excluding hydrogens is 1950 g/mol. The number of hydrogen-bond acceptors (Lipinski definition) is 28. The molecule has 0 spiro atoms. The molecule has 0 radical (unpaired) electrons. The van der Waals surface area contributed by atoms with Crippen molar-refractivity contribution in [3.8, 4) is 57.2 Å². The van der Waals surface area contributed by atoms with Gasteiger partial charge in [-0.3, -0.25) is 24.0 Å². The Bertz CT molecular complexity index is 6630. The number of hydrogen-bond donors (Lipinski definition) is 10. The van der Waals surface area contributed by atoms with Crippen molar-refractivity contribution in [2.24, 2.45) is 10.8 Å². The number of fused-ring (bicyclic) bond motifs is 5. The second-order valence-corrected chi connectivity index (χ2v) is 43.3. The third-order valence-electron chi connectivity index (χ3n) is 24.2. The number of aromatic hydroxyl groups is 5. The first-order chi connectivity index (χ1) is 67.7. The van der Waals surface area contributed by atoms with Crippen molar-refractivity contribution in [2.45, 2.75) is 195 Å². The normalized spacial score (nSPS) is 12.3. The maximum atomic E-state index is 14.5. The first-order valence-electron chi connectivity index (χ1n) is 46.5. The number of ether oxygens (including phenoxy) is 4. The van der Waals surface area contributed by atoms with Gasteiger partial charge in [0.25, 0.3) is 0 Å². The van der Waals surface area contributed by atoms with Crippen molar-refractivity contribution in [1.29, 1.82) is 0 Å². The standard InChI is InChI=1S/C81H84Cl4N12O12.C19H20ClN3O3.C5H12O4/c1-77(2,3)53-29-45(33-65(73(53)102)94-86-57-21-17-49(82)37-61(57)90-94)13-25-69(98)106-41-81(42-107-70(99)26-14-46-30-54(78(4,5)6)74(103)66(34-46)95-87-58-22-18-50(83)38-62(58)91-95,43-108-71(100)27-15-47-31-55(79(7,8)9)75(104)67(35-47)96-88-59-23-19-51(84)39-63(59)92-96)44-109-72(101)28-16-48-32-56(80(10,11)12)76(105)68(36-48)97-89-60-24-20-52(85)40-64(60)93-97;1-19(2,3)13-8-11(4-7-17(24)25)9-16(18(13)26)23-21-14-6-5-12(20)10-15(14)22-23;6-1-5(2-7,3-8)4-9/h17-24,29-40,102-105H,13-16,25-28,41-44H2,1-12H3;5-6,8-10,26H,4,7H2,1-3H3,(H,24,25);6-9H,1-4H2. The Kier molecular flexibility index (Phi) is 33.2. The molecule has 144 heavy (non-hydrogen) atoms. The van der Waals surface area contributed by atoms with Gasteiger partial charge in [-0.15, -0.1) is 75.0 Å². The fraction of sp³-hybridized carbons (Fsp3) is 0.381. The average Bonchev–Trinajstić information content (AvgIpc) is 1.48. The number of carbonyl (C=O) groups excluding carboxylic acids is 4. The fourth-order valence-electron chi connectivity index (χ4n) is 15.7. The van der Waals surface area contributed by atoms with Crippen molar-refractivity contribution in [3.05, 3.63) is 232 Å². The van der Waals surface area contributed by atoms with Crippen LogP contribution in [0, 0.1) is 10.8 Å². The van der Waals surface area contributed by atoms with Crippen LogP contribution in [0.5, 0.6) is 28.7 Å². The van der Waals surface area contributed by atoms with Gasteiger partial charge in [-0.1, -0.05) is 192 Å². The van der Waals surface area contributed by atoms with Crippen molar-refractivity contribution >= 4 is 143 Å². The van der Waals surface area contributed by atoms with Gasteiger partial charge in [0, 0.05) is 85.0 Å². The Morgan fingerprint density at radius 3 is 0.590 bits per heavy atom. The molecular formula is C105H116Cl5N15O19. The molecule has 10 N–H and O–H groups in total. The molecule has 0 aliphatic heterocycles. The van der Waals surface area contributed by atoms with E-state index in [1.807, 2.05) is 110 Å². The first-order valence-corrected chi connectivity index (χ1v) is 48.4. The van der Waals surface area contributed by atoms with Gasteiger partial charge in [0.1, 0.15) is 144 Å². The van der Waals surface area contributed by atoms with E-state index in [-0.39, 0.29) is 115 Å². The summed E-state index contributed by atoms with van der Waals surface area (Å²) in [7, 11) is 0. The Labute approximate surface area is 854 Å². The van der Waals surface area contributed by atoms with Crippen LogP contribution in [-0.4, -0.2) is 209 Å². The monoisotopic (exact) mass is 2070 g/mol. The van der Waals surface area contributed by atoms with E-state index in [1.165, 1.54) is 24.0 Å². The summed E-state index contributed by atoms with van der Waals surface area (Å²) >= 11 is 31.3. The largest absolute Gasteiger partial charge is 0.505 e. The zero-order chi connectivity index (χ0) is 105. The molecule has 5 heterocycles. The second kappa shape index (κ2) is 44.2. The van der Waals surface area contributed by atoms with Crippen molar-refractivity contribution in [1.82, 2.24) is 75.0 Å². The smallest absolute Gasteiger partial charge is 0.306 e. The number of aromatic nitrogens is 15. The number of benzene rings is 10. The summed E-state index contributed by atoms with van der Waals surface area (Å²) < 4.78 is 24.7. The van der Waals surface area contributed by atoms with Gasteiger partial charge in [0.05, 0.1) is 31.8 Å². The number of aliphatic hydroxyl groups is 4. The van der Waals surface area contributed by atoms with E-state index < -0.39 is 115 Å². The minimum absolute atomic E-state index is 0.0118. The lowest BCUT2D eigenvalue weighted by Crippen LogP contribution is -2.44. The predicted molar refractivity (Wildman–Crippen MR) is 547 cm³/mol. The lowest BCUT2D eigenvalue weighted by Gasteiger charge is -2.31. The second-order valence-electron chi connectivity index (χ2n) is 41.1. The van der Waals surface area contributed by atoms with Gasteiger partial charge < -0.3 is 70.0 Å². The number of nitrogens with zero attached hydrogens (tertiary/aromatic N) is 15. The Morgan fingerprint density at radius 2 is 0.431 bits per heavy atom. The molecule has 0 aliphatic carbocycles. The van der Waals surface area contributed by atoms with Crippen molar-refractivity contribution in [3.63, 3.8) is 0 Å². The number of phenols is 5. The molecule has 0 aliphatic rings. The number of esters is 4. The number of rotatable bonds is 32. The molecule has 5 aromatic heterocycles. The first kappa shape index (κ1) is 108. The molecule has 760 valence electrons. The summed E-state index contributed by atoms with van der Waals surface area (Å²) in [5, 5.41) is 149. The highest BCUT2D eigenvalue weighted by atomic mass is 35.5. The molecule has 0 bridgehead atoms. The molecule has 0 fully saturated rings. The molecule has 0 atom stereocenters. The molecule has 0 saturated carbocycles. The highest BCUT2D eigenvalue weighted by Crippen LogP contribution is 2.44. The number of aliphatic hydroxyl groups excluding tert-OH is 4. The van der Waals surface area contributed by atoms with E-state index >= 15 is 0 Å². The Morgan fingerprint density at radius 1 is 0.257 bits per heavy atom. The molecule has 0 amide bonds.